The first-order valence-electron chi connectivity index (χ1n) is 41.9. The molecule has 0 aliphatic rings. The molecule has 19 heteroatoms. The van der Waals surface area contributed by atoms with Crippen molar-refractivity contribution in [2.45, 2.75) is 418 Å². The number of phosphoric ester groups is 2. The van der Waals surface area contributed by atoms with Gasteiger partial charge in [0.1, 0.15) is 19.3 Å². The molecule has 0 rings (SSSR count). The predicted octanol–water partition coefficient (Wildman–Crippen LogP) is 24.5. The number of rotatable bonds is 80. The van der Waals surface area contributed by atoms with Crippen molar-refractivity contribution in [1.82, 2.24) is 0 Å². The average molecular weight is 1490 g/mol. The molecule has 0 amide bonds. The highest BCUT2D eigenvalue weighted by atomic mass is 31.2. The van der Waals surface area contributed by atoms with Crippen molar-refractivity contribution in [3.8, 4) is 0 Å². The van der Waals surface area contributed by atoms with Gasteiger partial charge in [0.25, 0.3) is 0 Å². The second-order valence-electron chi connectivity index (χ2n) is 28.5. The van der Waals surface area contributed by atoms with E-state index in [0.29, 0.717) is 25.7 Å². The maximum atomic E-state index is 13.1. The molecule has 3 N–H and O–H groups in total. The molecular weight excluding hydrogens is 1330 g/mol. The summed E-state index contributed by atoms with van der Waals surface area (Å²) in [6.07, 6.45) is 75.1. The number of allylic oxidation sites excluding steroid dienone is 8. The van der Waals surface area contributed by atoms with Crippen LogP contribution in [0.3, 0.4) is 0 Å². The zero-order valence-electron chi connectivity index (χ0n) is 65.6. The van der Waals surface area contributed by atoms with Crippen LogP contribution < -0.4 is 0 Å². The minimum absolute atomic E-state index is 0.0836. The highest BCUT2D eigenvalue weighted by Crippen LogP contribution is 2.45. The Bertz CT molecular complexity index is 2120. The molecule has 0 aromatic carbocycles. The lowest BCUT2D eigenvalue weighted by molar-refractivity contribution is -0.161. The Labute approximate surface area is 623 Å². The van der Waals surface area contributed by atoms with Gasteiger partial charge in [-0.05, 0) is 77.0 Å². The SMILES string of the molecule is CCCCCC/C=C\C=C/CCCCCCCC(=O)OC[C@H](COP(=O)(O)OC[C@@H](O)COP(=O)(O)OC[C@@H](COC(=O)CCCCCCCCCCCCCC)OC(=O)CCCCCCC/C=C\C=C/CCCCCC)OC(=O)CCCCCCCCCCCCCCCCCCCCCC. The summed E-state index contributed by atoms with van der Waals surface area (Å²) < 4.78 is 68.7. The molecule has 0 radical (unpaired) electrons. The number of hydrogen-bond acceptors (Lipinski definition) is 15. The summed E-state index contributed by atoms with van der Waals surface area (Å²) in [5, 5.41) is 10.6. The van der Waals surface area contributed by atoms with Crippen LogP contribution in [-0.2, 0) is 65.4 Å². The standard InChI is InChI=1S/C83H154O17P2/c1-5-9-13-17-21-25-29-33-36-37-38-39-40-43-46-50-54-58-62-66-70-83(88)100-79(74-94-81(86)68-64-60-56-52-48-44-41-34-30-26-22-18-14-10-6-2)76-98-102(91,92)96-72-77(84)71-95-101(89,90)97-75-78(73-93-80(85)67-63-59-55-51-47-32-28-24-20-16-12-8-4)99-82(87)69-65-61-57-53-49-45-42-35-31-27-23-19-15-11-7-3/h26-27,30-31,34-35,41-42,77-79,84H,5-25,28-29,32-33,36-40,43-76H2,1-4H3,(H,89,90)(H,91,92)/b30-26-,31-27-,41-34-,42-35-/t77-,78+,79+/m0/s1. The van der Waals surface area contributed by atoms with Gasteiger partial charge in [-0.1, -0.05) is 346 Å². The normalized spacial score (nSPS) is 14.1. The maximum Gasteiger partial charge on any atom is 0.472 e. The molecule has 5 atom stereocenters. The van der Waals surface area contributed by atoms with Crippen LogP contribution in [-0.4, -0.2) is 96.7 Å². The van der Waals surface area contributed by atoms with Crippen LogP contribution in [0, 0.1) is 0 Å². The number of aliphatic hydroxyl groups is 1. The van der Waals surface area contributed by atoms with E-state index in [1.54, 1.807) is 0 Å². The summed E-state index contributed by atoms with van der Waals surface area (Å²) in [5.74, 6) is -2.16. The third-order valence-electron chi connectivity index (χ3n) is 18.4. The fraction of sp³-hybridized carbons (Fsp3) is 0.855. The lowest BCUT2D eigenvalue weighted by Gasteiger charge is -2.21. The van der Waals surface area contributed by atoms with E-state index in [4.69, 9.17) is 37.0 Å². The number of esters is 4. The van der Waals surface area contributed by atoms with Gasteiger partial charge < -0.3 is 33.8 Å². The van der Waals surface area contributed by atoms with E-state index < -0.39 is 97.5 Å². The molecular formula is C83H154O17P2. The first-order chi connectivity index (χ1) is 49.7. The molecule has 598 valence electrons. The summed E-state index contributed by atoms with van der Waals surface area (Å²) in [6.45, 7) is 4.90. The number of unbranched alkanes of at least 4 members (excludes halogenated alkanes) is 48. The second-order valence-corrected chi connectivity index (χ2v) is 31.4. The van der Waals surface area contributed by atoms with Crippen LogP contribution in [0.25, 0.3) is 0 Å². The van der Waals surface area contributed by atoms with E-state index in [2.05, 4.69) is 76.3 Å². The molecule has 0 saturated heterocycles. The molecule has 102 heavy (non-hydrogen) atoms. The van der Waals surface area contributed by atoms with Gasteiger partial charge in [-0.25, -0.2) is 9.13 Å². The van der Waals surface area contributed by atoms with Crippen molar-refractivity contribution in [2.75, 3.05) is 39.6 Å². The lowest BCUT2D eigenvalue weighted by Crippen LogP contribution is -2.30. The van der Waals surface area contributed by atoms with E-state index >= 15 is 0 Å². The van der Waals surface area contributed by atoms with Gasteiger partial charge in [0.05, 0.1) is 26.4 Å². The Balaban J connectivity index is 5.31. The van der Waals surface area contributed by atoms with Crippen molar-refractivity contribution in [1.29, 1.82) is 0 Å². The number of carbonyl (C=O) groups excluding carboxylic acids is 4. The highest BCUT2D eigenvalue weighted by Gasteiger charge is 2.30. The molecule has 0 aromatic heterocycles. The fourth-order valence-corrected chi connectivity index (χ4v) is 13.5. The van der Waals surface area contributed by atoms with Gasteiger partial charge >= 0.3 is 39.5 Å². The topological polar surface area (TPSA) is 237 Å². The Morgan fingerprint density at radius 2 is 0.471 bits per heavy atom. The van der Waals surface area contributed by atoms with Crippen LogP contribution in [0.4, 0.5) is 0 Å². The zero-order chi connectivity index (χ0) is 74.6. The Morgan fingerprint density at radius 1 is 0.275 bits per heavy atom. The summed E-state index contributed by atoms with van der Waals surface area (Å²) in [4.78, 5) is 73.1. The Morgan fingerprint density at radius 3 is 0.716 bits per heavy atom. The van der Waals surface area contributed by atoms with Crippen molar-refractivity contribution in [2.24, 2.45) is 0 Å². The smallest absolute Gasteiger partial charge is 0.462 e. The predicted molar refractivity (Wildman–Crippen MR) is 418 cm³/mol. The minimum atomic E-state index is -4.97. The Kier molecular flexibility index (Phi) is 74.0. The second kappa shape index (κ2) is 76.2. The van der Waals surface area contributed by atoms with Crippen LogP contribution >= 0.6 is 15.6 Å². The molecule has 0 aromatic rings. The minimum Gasteiger partial charge on any atom is -0.462 e. The number of carbonyl (C=O) groups is 4. The van der Waals surface area contributed by atoms with Crippen molar-refractivity contribution < 1.29 is 80.2 Å². The van der Waals surface area contributed by atoms with Crippen molar-refractivity contribution in [3.63, 3.8) is 0 Å². The van der Waals surface area contributed by atoms with Gasteiger partial charge in [0.15, 0.2) is 12.2 Å². The van der Waals surface area contributed by atoms with Crippen molar-refractivity contribution >= 4 is 39.5 Å². The average Bonchev–Trinajstić information content (AvgIpc) is 0.967. The van der Waals surface area contributed by atoms with E-state index in [1.165, 1.54) is 199 Å². The molecule has 17 nitrogen and oxygen atoms in total. The molecule has 0 heterocycles. The number of aliphatic hydroxyl groups excluding tert-OH is 1. The summed E-state index contributed by atoms with van der Waals surface area (Å²) in [7, 11) is -9.95. The van der Waals surface area contributed by atoms with Gasteiger partial charge in [-0.15, -0.1) is 0 Å². The highest BCUT2D eigenvalue weighted by molar-refractivity contribution is 7.47. The molecule has 2 unspecified atom stereocenters. The number of ether oxygens (including phenoxy) is 4. The summed E-state index contributed by atoms with van der Waals surface area (Å²) in [5.41, 5.74) is 0. The molecule has 0 aliphatic carbocycles. The van der Waals surface area contributed by atoms with Crippen LogP contribution in [0.2, 0.25) is 0 Å². The largest absolute Gasteiger partial charge is 0.472 e. The van der Waals surface area contributed by atoms with Crippen molar-refractivity contribution in [3.05, 3.63) is 48.6 Å². The summed E-state index contributed by atoms with van der Waals surface area (Å²) >= 11 is 0. The monoisotopic (exact) mass is 1490 g/mol. The number of phosphoric acid groups is 2. The Hall–Kier alpha value is -2.98. The van der Waals surface area contributed by atoms with Gasteiger partial charge in [-0.3, -0.25) is 37.3 Å². The first kappa shape index (κ1) is 99.0. The molecule has 0 fully saturated rings. The fourth-order valence-electron chi connectivity index (χ4n) is 11.9. The number of hydrogen-bond donors (Lipinski definition) is 3. The van der Waals surface area contributed by atoms with Gasteiger partial charge in [-0.2, -0.15) is 0 Å². The third-order valence-corrected chi connectivity index (χ3v) is 20.3. The first-order valence-corrected chi connectivity index (χ1v) is 44.9. The molecule has 0 bridgehead atoms. The van der Waals surface area contributed by atoms with Crippen LogP contribution in [0.15, 0.2) is 48.6 Å². The maximum absolute atomic E-state index is 13.1. The van der Waals surface area contributed by atoms with Crippen LogP contribution in [0.1, 0.15) is 400 Å². The summed E-state index contributed by atoms with van der Waals surface area (Å²) in [6, 6.07) is 0. The van der Waals surface area contributed by atoms with E-state index in [-0.39, 0.29) is 25.7 Å². The van der Waals surface area contributed by atoms with Crippen LogP contribution in [0.5, 0.6) is 0 Å². The lowest BCUT2D eigenvalue weighted by atomic mass is 10.0. The quantitative estimate of drug-likeness (QED) is 0.0169. The van der Waals surface area contributed by atoms with E-state index in [1.807, 2.05) is 0 Å². The van der Waals surface area contributed by atoms with Gasteiger partial charge in [0.2, 0.25) is 0 Å². The molecule has 0 aliphatic heterocycles. The zero-order valence-corrected chi connectivity index (χ0v) is 67.3. The van der Waals surface area contributed by atoms with E-state index in [9.17, 15) is 43.2 Å². The van der Waals surface area contributed by atoms with Gasteiger partial charge in [0, 0.05) is 25.7 Å². The third kappa shape index (κ3) is 75.3. The molecule has 0 saturated carbocycles. The molecule has 0 spiro atoms. The van der Waals surface area contributed by atoms with E-state index in [0.717, 1.165) is 122 Å².